The Morgan fingerprint density at radius 1 is 1.13 bits per heavy atom. The van der Waals surface area contributed by atoms with Crippen molar-refractivity contribution in [1.82, 2.24) is 14.9 Å². The lowest BCUT2D eigenvalue weighted by molar-refractivity contribution is 0.194. The highest BCUT2D eigenvalue weighted by Crippen LogP contribution is 2.17. The van der Waals surface area contributed by atoms with E-state index in [1.54, 1.807) is 0 Å². The zero-order valence-electron chi connectivity index (χ0n) is 13.0. The number of aromatic nitrogens is 2. The molecule has 0 aliphatic rings. The normalized spacial score (nSPS) is 10.8. The van der Waals surface area contributed by atoms with Crippen molar-refractivity contribution in [3.63, 3.8) is 0 Å². The van der Waals surface area contributed by atoms with Crippen LogP contribution in [-0.2, 0) is 19.9 Å². The molecular formula is C18H19N3O2. The van der Waals surface area contributed by atoms with Gasteiger partial charge in [-0.3, -0.25) is 0 Å². The number of rotatable bonds is 5. The standard InChI is InChI=1S/C18H19N3O2/c1-21-16-5-3-2-4-15(16)20-17(21)12-14-8-6-13(7-9-14)10-11-19-18(22)23/h2-9,19H,10-12H2,1H3,(H,22,23). The van der Waals surface area contributed by atoms with Crippen LogP contribution in [0, 0.1) is 0 Å². The van der Waals surface area contributed by atoms with Crippen LogP contribution in [0.4, 0.5) is 4.79 Å². The van der Waals surface area contributed by atoms with Gasteiger partial charge in [0, 0.05) is 20.0 Å². The summed E-state index contributed by atoms with van der Waals surface area (Å²) >= 11 is 0. The Morgan fingerprint density at radius 2 is 1.83 bits per heavy atom. The monoisotopic (exact) mass is 309 g/mol. The first-order chi connectivity index (χ1) is 11.1. The summed E-state index contributed by atoms with van der Waals surface area (Å²) < 4.78 is 2.13. The first kappa shape index (κ1) is 15.1. The minimum atomic E-state index is -0.983. The van der Waals surface area contributed by atoms with Crippen LogP contribution in [-0.4, -0.2) is 27.3 Å². The lowest BCUT2D eigenvalue weighted by Crippen LogP contribution is -2.23. The molecule has 0 fully saturated rings. The van der Waals surface area contributed by atoms with Crippen molar-refractivity contribution < 1.29 is 9.90 Å². The average molecular weight is 309 g/mol. The lowest BCUT2D eigenvalue weighted by atomic mass is 10.1. The number of benzene rings is 2. The molecule has 0 bridgehead atoms. The molecule has 5 heteroatoms. The molecule has 0 radical (unpaired) electrons. The summed E-state index contributed by atoms with van der Waals surface area (Å²) in [6, 6.07) is 16.4. The molecule has 2 N–H and O–H groups in total. The maximum Gasteiger partial charge on any atom is 0.404 e. The predicted octanol–water partition coefficient (Wildman–Crippen LogP) is 2.97. The summed E-state index contributed by atoms with van der Waals surface area (Å²) in [5.74, 6) is 1.03. The molecule has 0 unspecified atom stereocenters. The summed E-state index contributed by atoms with van der Waals surface area (Å²) in [6.07, 6.45) is 0.487. The smallest absolute Gasteiger partial charge is 0.404 e. The average Bonchev–Trinajstić information content (AvgIpc) is 2.85. The maximum absolute atomic E-state index is 10.4. The fourth-order valence-electron chi connectivity index (χ4n) is 2.67. The van der Waals surface area contributed by atoms with E-state index < -0.39 is 6.09 Å². The molecule has 0 atom stereocenters. The van der Waals surface area contributed by atoms with Gasteiger partial charge in [0.1, 0.15) is 5.82 Å². The molecule has 3 rings (SSSR count). The number of hydrogen-bond donors (Lipinski definition) is 2. The van der Waals surface area contributed by atoms with E-state index in [9.17, 15) is 4.79 Å². The Hall–Kier alpha value is -2.82. The van der Waals surface area contributed by atoms with Gasteiger partial charge in [-0.05, 0) is 29.7 Å². The van der Waals surface area contributed by atoms with E-state index in [1.165, 1.54) is 5.56 Å². The predicted molar refractivity (Wildman–Crippen MR) is 89.7 cm³/mol. The number of nitrogens with one attached hydrogen (secondary N) is 1. The van der Waals surface area contributed by atoms with Crippen molar-refractivity contribution in [2.45, 2.75) is 12.8 Å². The molecule has 1 heterocycles. The van der Waals surface area contributed by atoms with Crippen molar-refractivity contribution >= 4 is 17.1 Å². The van der Waals surface area contributed by atoms with Gasteiger partial charge in [0.15, 0.2) is 0 Å². The van der Waals surface area contributed by atoms with Crippen LogP contribution in [0.3, 0.4) is 0 Å². The van der Waals surface area contributed by atoms with Gasteiger partial charge >= 0.3 is 6.09 Å². The lowest BCUT2D eigenvalue weighted by Gasteiger charge is -2.05. The first-order valence-corrected chi connectivity index (χ1v) is 7.58. The molecule has 5 nitrogen and oxygen atoms in total. The van der Waals surface area contributed by atoms with E-state index in [1.807, 2.05) is 37.4 Å². The zero-order chi connectivity index (χ0) is 16.2. The Bertz CT molecular complexity index is 822. The second kappa shape index (κ2) is 6.52. The number of hydrogen-bond acceptors (Lipinski definition) is 2. The van der Waals surface area contributed by atoms with Crippen molar-refractivity contribution in [2.75, 3.05) is 6.54 Å². The Labute approximate surface area is 134 Å². The highest BCUT2D eigenvalue weighted by Gasteiger charge is 2.07. The van der Waals surface area contributed by atoms with Crippen molar-refractivity contribution in [1.29, 1.82) is 0 Å². The molecule has 2 aromatic carbocycles. The van der Waals surface area contributed by atoms with Crippen LogP contribution in [0.15, 0.2) is 48.5 Å². The number of carbonyl (C=O) groups is 1. The third-order valence-corrected chi connectivity index (χ3v) is 3.95. The molecule has 0 aliphatic heterocycles. The SMILES string of the molecule is Cn1c(Cc2ccc(CCNC(=O)O)cc2)nc2ccccc21. The van der Waals surface area contributed by atoms with Gasteiger partial charge in [-0.25, -0.2) is 9.78 Å². The molecule has 23 heavy (non-hydrogen) atoms. The summed E-state index contributed by atoms with van der Waals surface area (Å²) in [4.78, 5) is 15.1. The first-order valence-electron chi connectivity index (χ1n) is 7.58. The molecule has 1 amide bonds. The summed E-state index contributed by atoms with van der Waals surface area (Å²) in [7, 11) is 2.04. The second-order valence-corrected chi connectivity index (χ2v) is 5.55. The van der Waals surface area contributed by atoms with Gasteiger partial charge in [0.05, 0.1) is 11.0 Å². The number of nitrogens with zero attached hydrogens (tertiary/aromatic N) is 2. The molecule has 118 valence electrons. The highest BCUT2D eigenvalue weighted by atomic mass is 16.4. The zero-order valence-corrected chi connectivity index (χ0v) is 13.0. The van der Waals surface area contributed by atoms with E-state index in [0.29, 0.717) is 13.0 Å². The number of imidazole rings is 1. The van der Waals surface area contributed by atoms with E-state index in [4.69, 9.17) is 5.11 Å². The minimum Gasteiger partial charge on any atom is -0.465 e. The van der Waals surface area contributed by atoms with E-state index in [0.717, 1.165) is 28.8 Å². The quantitative estimate of drug-likeness (QED) is 0.761. The molecule has 1 aromatic heterocycles. The van der Waals surface area contributed by atoms with Crippen LogP contribution in [0.2, 0.25) is 0 Å². The van der Waals surface area contributed by atoms with Crippen LogP contribution in [0.25, 0.3) is 11.0 Å². The maximum atomic E-state index is 10.4. The molecule has 0 spiro atoms. The second-order valence-electron chi connectivity index (χ2n) is 5.55. The van der Waals surface area contributed by atoms with Crippen LogP contribution in [0.1, 0.15) is 17.0 Å². The molecular weight excluding hydrogens is 290 g/mol. The third kappa shape index (κ3) is 3.51. The number of carboxylic acid groups (broad SMARTS) is 1. The van der Waals surface area contributed by atoms with Gasteiger partial charge < -0.3 is 15.0 Å². The van der Waals surface area contributed by atoms with E-state index >= 15 is 0 Å². The van der Waals surface area contributed by atoms with Crippen molar-refractivity contribution in [3.05, 3.63) is 65.5 Å². The van der Waals surface area contributed by atoms with Crippen molar-refractivity contribution in [3.8, 4) is 0 Å². The Kier molecular flexibility index (Phi) is 4.28. The van der Waals surface area contributed by atoms with Gasteiger partial charge in [-0.2, -0.15) is 0 Å². The van der Waals surface area contributed by atoms with Crippen LogP contribution >= 0.6 is 0 Å². The summed E-state index contributed by atoms with van der Waals surface area (Å²) in [5.41, 5.74) is 4.46. The topological polar surface area (TPSA) is 67.2 Å². The highest BCUT2D eigenvalue weighted by molar-refractivity contribution is 5.75. The summed E-state index contributed by atoms with van der Waals surface area (Å²) in [6.45, 7) is 0.430. The molecule has 3 aromatic rings. The van der Waals surface area contributed by atoms with E-state index in [2.05, 4.69) is 33.1 Å². The molecule has 0 saturated heterocycles. The van der Waals surface area contributed by atoms with Gasteiger partial charge in [-0.15, -0.1) is 0 Å². The minimum absolute atomic E-state index is 0.430. The van der Waals surface area contributed by atoms with Crippen LogP contribution in [0.5, 0.6) is 0 Å². The number of fused-ring (bicyclic) bond motifs is 1. The number of para-hydroxylation sites is 2. The van der Waals surface area contributed by atoms with E-state index in [-0.39, 0.29) is 0 Å². The third-order valence-electron chi connectivity index (χ3n) is 3.95. The summed E-state index contributed by atoms with van der Waals surface area (Å²) in [5, 5.41) is 10.9. The van der Waals surface area contributed by atoms with Gasteiger partial charge in [0.2, 0.25) is 0 Å². The van der Waals surface area contributed by atoms with Gasteiger partial charge in [-0.1, -0.05) is 36.4 Å². The Morgan fingerprint density at radius 3 is 2.52 bits per heavy atom. The van der Waals surface area contributed by atoms with Gasteiger partial charge in [0.25, 0.3) is 0 Å². The fraction of sp³-hybridized carbons (Fsp3) is 0.222. The largest absolute Gasteiger partial charge is 0.465 e. The van der Waals surface area contributed by atoms with Crippen molar-refractivity contribution in [2.24, 2.45) is 7.05 Å². The molecule has 0 aliphatic carbocycles. The molecule has 0 saturated carbocycles. The van der Waals surface area contributed by atoms with Crippen LogP contribution < -0.4 is 5.32 Å². The Balaban J connectivity index is 1.70. The fourth-order valence-corrected chi connectivity index (χ4v) is 2.67. The number of aryl methyl sites for hydroxylation is 1. The number of amides is 1.